The molecule has 2 aromatic rings. The van der Waals surface area contributed by atoms with Crippen molar-refractivity contribution in [2.24, 2.45) is 0 Å². The van der Waals surface area contributed by atoms with Crippen molar-refractivity contribution < 1.29 is 18.0 Å². The standard InChI is InChI=1S/C14H15N5O4S2/c20-12(17-14-18-16-9-24-14)8-11-13(21)15-6-7-19(11)25(22,23)10-4-2-1-3-5-10/h1-5,9,11H,6-8H2,(H,15,21)(H,17,18,20)/t11-/m0/s1. The monoisotopic (exact) mass is 381 g/mol. The van der Waals surface area contributed by atoms with Crippen LogP contribution in [-0.4, -0.2) is 53.9 Å². The molecule has 2 heterocycles. The first-order valence-corrected chi connectivity index (χ1v) is 9.71. The number of carbonyl (C=O) groups excluding carboxylic acids is 2. The Labute approximate surface area is 148 Å². The van der Waals surface area contributed by atoms with Crippen molar-refractivity contribution >= 4 is 38.3 Å². The topological polar surface area (TPSA) is 121 Å². The first-order chi connectivity index (χ1) is 12.0. The van der Waals surface area contributed by atoms with E-state index in [0.717, 1.165) is 15.6 Å². The van der Waals surface area contributed by atoms with Gasteiger partial charge in [-0.1, -0.05) is 29.5 Å². The SMILES string of the molecule is O=C(C[C@H]1C(=O)NCCN1S(=O)(=O)c1ccccc1)Nc1nncs1. The van der Waals surface area contributed by atoms with Crippen LogP contribution in [0.1, 0.15) is 6.42 Å². The number of hydrogen-bond acceptors (Lipinski definition) is 7. The van der Waals surface area contributed by atoms with E-state index in [0.29, 0.717) is 5.13 Å². The van der Waals surface area contributed by atoms with Crippen LogP contribution in [0.25, 0.3) is 0 Å². The molecule has 25 heavy (non-hydrogen) atoms. The maximum atomic E-state index is 12.8. The quantitative estimate of drug-likeness (QED) is 0.755. The minimum Gasteiger partial charge on any atom is -0.353 e. The number of hydrogen-bond donors (Lipinski definition) is 2. The van der Waals surface area contributed by atoms with E-state index < -0.39 is 27.9 Å². The van der Waals surface area contributed by atoms with Gasteiger partial charge >= 0.3 is 0 Å². The van der Waals surface area contributed by atoms with E-state index in [1.807, 2.05) is 0 Å². The number of nitrogens with zero attached hydrogens (tertiary/aromatic N) is 3. The number of anilines is 1. The van der Waals surface area contributed by atoms with Gasteiger partial charge in [-0.3, -0.25) is 9.59 Å². The summed E-state index contributed by atoms with van der Waals surface area (Å²) >= 11 is 1.13. The van der Waals surface area contributed by atoms with Gasteiger partial charge in [-0.2, -0.15) is 4.31 Å². The fraction of sp³-hybridized carbons (Fsp3) is 0.286. The van der Waals surface area contributed by atoms with Crippen LogP contribution in [0.2, 0.25) is 0 Å². The van der Waals surface area contributed by atoms with E-state index in [-0.39, 0.29) is 24.4 Å². The highest BCUT2D eigenvalue weighted by molar-refractivity contribution is 7.89. The van der Waals surface area contributed by atoms with Crippen molar-refractivity contribution in [3.05, 3.63) is 35.8 Å². The van der Waals surface area contributed by atoms with Gasteiger partial charge in [0.15, 0.2) is 0 Å². The maximum absolute atomic E-state index is 12.8. The van der Waals surface area contributed by atoms with Crippen LogP contribution in [0.4, 0.5) is 5.13 Å². The molecule has 1 fully saturated rings. The number of nitrogens with one attached hydrogen (secondary N) is 2. The van der Waals surface area contributed by atoms with Crippen molar-refractivity contribution in [1.29, 1.82) is 0 Å². The second kappa shape index (κ2) is 7.25. The van der Waals surface area contributed by atoms with Gasteiger partial charge in [0.1, 0.15) is 11.6 Å². The van der Waals surface area contributed by atoms with Gasteiger partial charge in [-0.15, -0.1) is 10.2 Å². The van der Waals surface area contributed by atoms with Crippen molar-refractivity contribution in [2.75, 3.05) is 18.4 Å². The molecule has 132 valence electrons. The first kappa shape index (κ1) is 17.5. The third-order valence-corrected chi connectivity index (χ3v) is 6.15. The average Bonchev–Trinajstić information content (AvgIpc) is 3.10. The molecule has 3 rings (SSSR count). The van der Waals surface area contributed by atoms with Crippen molar-refractivity contribution in [2.45, 2.75) is 17.4 Å². The van der Waals surface area contributed by atoms with Crippen LogP contribution in [0, 0.1) is 0 Å². The summed E-state index contributed by atoms with van der Waals surface area (Å²) in [5.74, 6) is -1.01. The van der Waals surface area contributed by atoms with Crippen molar-refractivity contribution in [3.8, 4) is 0 Å². The van der Waals surface area contributed by atoms with E-state index in [4.69, 9.17) is 0 Å². The fourth-order valence-electron chi connectivity index (χ4n) is 2.48. The van der Waals surface area contributed by atoms with E-state index in [2.05, 4.69) is 20.8 Å². The smallest absolute Gasteiger partial charge is 0.243 e. The van der Waals surface area contributed by atoms with Crippen LogP contribution in [-0.2, 0) is 19.6 Å². The summed E-state index contributed by atoms with van der Waals surface area (Å²) in [5, 5.41) is 12.7. The summed E-state index contributed by atoms with van der Waals surface area (Å²) in [6, 6.07) is 6.71. The molecule has 1 aliphatic rings. The molecule has 0 unspecified atom stereocenters. The van der Waals surface area contributed by atoms with Crippen LogP contribution in [0.15, 0.2) is 40.7 Å². The summed E-state index contributed by atoms with van der Waals surface area (Å²) in [6.07, 6.45) is -0.308. The predicted octanol–water partition coefficient (Wildman–Crippen LogP) is 0.0560. The molecule has 2 N–H and O–H groups in total. The van der Waals surface area contributed by atoms with Crippen LogP contribution >= 0.6 is 11.3 Å². The summed E-state index contributed by atoms with van der Waals surface area (Å²) in [5.41, 5.74) is 1.45. The summed E-state index contributed by atoms with van der Waals surface area (Å²) < 4.78 is 26.7. The van der Waals surface area contributed by atoms with Crippen LogP contribution in [0.3, 0.4) is 0 Å². The van der Waals surface area contributed by atoms with Gasteiger partial charge in [0, 0.05) is 13.1 Å². The maximum Gasteiger partial charge on any atom is 0.243 e. The van der Waals surface area contributed by atoms with Crippen molar-refractivity contribution in [1.82, 2.24) is 19.8 Å². The zero-order valence-corrected chi connectivity index (χ0v) is 14.6. The Morgan fingerprint density at radius 2 is 2.12 bits per heavy atom. The summed E-state index contributed by atoms with van der Waals surface area (Å²) in [6.45, 7) is 0.291. The van der Waals surface area contributed by atoms with Crippen LogP contribution < -0.4 is 10.6 Å². The third kappa shape index (κ3) is 3.83. The molecule has 0 spiro atoms. The van der Waals surface area contributed by atoms with E-state index in [1.54, 1.807) is 18.2 Å². The molecule has 0 saturated carbocycles. The van der Waals surface area contributed by atoms with E-state index in [9.17, 15) is 18.0 Å². The highest BCUT2D eigenvalue weighted by Gasteiger charge is 2.39. The van der Waals surface area contributed by atoms with Crippen molar-refractivity contribution in [3.63, 3.8) is 0 Å². The number of piperazine rings is 1. The number of amides is 2. The highest BCUT2D eigenvalue weighted by Crippen LogP contribution is 2.22. The molecule has 0 bridgehead atoms. The number of aromatic nitrogens is 2. The third-order valence-electron chi connectivity index (χ3n) is 3.62. The van der Waals surface area contributed by atoms with Gasteiger partial charge in [0.2, 0.25) is 27.0 Å². The average molecular weight is 381 g/mol. The molecule has 9 nitrogen and oxygen atoms in total. The second-order valence-electron chi connectivity index (χ2n) is 5.23. The fourth-order valence-corrected chi connectivity index (χ4v) is 4.55. The Hall–Kier alpha value is -2.37. The van der Waals surface area contributed by atoms with E-state index in [1.165, 1.54) is 17.6 Å². The second-order valence-corrected chi connectivity index (χ2v) is 7.96. The molecule has 1 aromatic carbocycles. The predicted molar refractivity (Wildman–Crippen MR) is 90.3 cm³/mol. The van der Waals surface area contributed by atoms with Gasteiger partial charge in [0.25, 0.3) is 0 Å². The van der Waals surface area contributed by atoms with Gasteiger partial charge in [-0.05, 0) is 12.1 Å². The summed E-state index contributed by atoms with van der Waals surface area (Å²) in [4.78, 5) is 24.4. The normalized spacial score (nSPS) is 18.6. The van der Waals surface area contributed by atoms with Gasteiger partial charge < -0.3 is 10.6 Å². The molecule has 2 amide bonds. The number of carbonyl (C=O) groups is 2. The molecular weight excluding hydrogens is 366 g/mol. The van der Waals surface area contributed by atoms with Gasteiger partial charge in [0.05, 0.1) is 11.3 Å². The molecular formula is C14H15N5O4S2. The minimum absolute atomic E-state index is 0.0826. The molecule has 11 heteroatoms. The lowest BCUT2D eigenvalue weighted by Crippen LogP contribution is -2.57. The highest BCUT2D eigenvalue weighted by atomic mass is 32.2. The lowest BCUT2D eigenvalue weighted by molar-refractivity contribution is -0.130. The van der Waals surface area contributed by atoms with Crippen LogP contribution in [0.5, 0.6) is 0 Å². The summed E-state index contributed by atoms with van der Waals surface area (Å²) in [7, 11) is -3.88. The lowest BCUT2D eigenvalue weighted by Gasteiger charge is -2.33. The molecule has 1 aliphatic heterocycles. The Balaban J connectivity index is 1.81. The zero-order chi connectivity index (χ0) is 17.9. The molecule has 1 saturated heterocycles. The Bertz CT molecular complexity index is 855. The van der Waals surface area contributed by atoms with E-state index >= 15 is 0 Å². The molecule has 0 aliphatic carbocycles. The lowest BCUT2D eigenvalue weighted by atomic mass is 10.1. The molecule has 1 aromatic heterocycles. The zero-order valence-electron chi connectivity index (χ0n) is 13.0. The minimum atomic E-state index is -3.88. The largest absolute Gasteiger partial charge is 0.353 e. The van der Waals surface area contributed by atoms with Gasteiger partial charge in [-0.25, -0.2) is 8.42 Å². The number of rotatable bonds is 5. The number of benzene rings is 1. The Morgan fingerprint density at radius 1 is 1.36 bits per heavy atom. The Morgan fingerprint density at radius 3 is 2.80 bits per heavy atom. The molecule has 1 atom stereocenters. The molecule has 0 radical (unpaired) electrons. The first-order valence-electron chi connectivity index (χ1n) is 7.39. The Kier molecular flexibility index (Phi) is 5.06. The number of sulfonamides is 1.